The number of nitrogens with one attached hydrogen (secondary N) is 1. The number of aromatic hydroxyl groups is 3. The summed E-state index contributed by atoms with van der Waals surface area (Å²) in [5.74, 6) is -6.96. The third-order valence-corrected chi connectivity index (χ3v) is 8.91. The minimum absolute atomic E-state index is 0.0880. The third kappa shape index (κ3) is 2.20. The van der Waals surface area contributed by atoms with Crippen LogP contribution in [0.5, 0.6) is 17.2 Å². The number of phenols is 3. The fourth-order valence-corrected chi connectivity index (χ4v) is 7.19. The quantitative estimate of drug-likeness (QED) is 0.169. The molecule has 7 rings (SSSR count). The molecule has 1 aliphatic heterocycles. The van der Waals surface area contributed by atoms with Gasteiger partial charge in [0.1, 0.15) is 34.6 Å². The first-order valence-electron chi connectivity index (χ1n) is 12.0. The van der Waals surface area contributed by atoms with Gasteiger partial charge < -0.3 is 36.0 Å². The van der Waals surface area contributed by atoms with E-state index in [0.29, 0.717) is 11.1 Å². The Balaban J connectivity index is 1.60. The van der Waals surface area contributed by atoms with Crippen molar-refractivity contribution in [2.75, 3.05) is 5.32 Å². The highest BCUT2D eigenvalue weighted by atomic mass is 16.4. The molecule has 3 aromatic carbocycles. The average molecular weight is 515 g/mol. The average Bonchev–Trinajstić information content (AvgIpc) is 2.88. The van der Waals surface area contributed by atoms with E-state index in [4.69, 9.17) is 0 Å². The Labute approximate surface area is 214 Å². The maximum absolute atomic E-state index is 13.8. The molecule has 1 saturated carbocycles. The normalized spacial score (nSPS) is 32.1. The Hall–Kier alpha value is -4.25. The predicted octanol–water partition coefficient (Wildman–Crippen LogP) is 1.34. The highest BCUT2D eigenvalue weighted by Crippen LogP contribution is 2.67. The number of hydrogen-bond acceptors (Lipinski definition) is 10. The molecule has 38 heavy (non-hydrogen) atoms. The predicted molar refractivity (Wildman–Crippen MR) is 129 cm³/mol. The van der Waals surface area contributed by atoms with Crippen LogP contribution in [0.1, 0.15) is 67.4 Å². The van der Waals surface area contributed by atoms with Gasteiger partial charge in [0.15, 0.2) is 5.78 Å². The SMILES string of the molecule is C[C@H]1C(=O)[C@@H](O)[C@H]2c3ccccc3[C@@H]3Nc4c(cc(O)c5c4C(=O)c4c(O)ccc(O)c4C5=O)[C@]2(O)[C@]13O. The number of ketones is 3. The van der Waals surface area contributed by atoms with E-state index < -0.39 is 86.5 Å². The van der Waals surface area contributed by atoms with Gasteiger partial charge >= 0.3 is 0 Å². The number of aliphatic hydroxyl groups is 3. The number of carbonyl (C=O) groups excluding carboxylic acids is 3. The first-order valence-corrected chi connectivity index (χ1v) is 12.0. The van der Waals surface area contributed by atoms with Gasteiger partial charge in [0.2, 0.25) is 11.6 Å². The molecule has 3 aliphatic carbocycles. The Morgan fingerprint density at radius 1 is 0.789 bits per heavy atom. The smallest absolute Gasteiger partial charge is 0.202 e. The van der Waals surface area contributed by atoms with Crippen LogP contribution in [0, 0.1) is 5.92 Å². The van der Waals surface area contributed by atoms with Crippen LogP contribution in [0.25, 0.3) is 0 Å². The first-order chi connectivity index (χ1) is 18.0. The summed E-state index contributed by atoms with van der Waals surface area (Å²) in [6, 6.07) is 8.64. The second kappa shape index (κ2) is 6.79. The summed E-state index contributed by atoms with van der Waals surface area (Å²) in [6.07, 6.45) is -1.72. The molecule has 10 nitrogen and oxygen atoms in total. The van der Waals surface area contributed by atoms with Crippen molar-refractivity contribution < 1.29 is 45.0 Å². The summed E-state index contributed by atoms with van der Waals surface area (Å²) < 4.78 is 0. The number of fused-ring (bicyclic) bond motifs is 7. The van der Waals surface area contributed by atoms with Gasteiger partial charge in [-0.3, -0.25) is 14.4 Å². The maximum atomic E-state index is 13.8. The molecular weight excluding hydrogens is 494 g/mol. The molecule has 1 heterocycles. The highest BCUT2D eigenvalue weighted by molar-refractivity contribution is 6.33. The van der Waals surface area contributed by atoms with Crippen molar-refractivity contribution in [1.82, 2.24) is 0 Å². The highest BCUT2D eigenvalue weighted by Gasteiger charge is 2.74. The van der Waals surface area contributed by atoms with Crippen LogP contribution in [0.2, 0.25) is 0 Å². The van der Waals surface area contributed by atoms with Gasteiger partial charge in [-0.1, -0.05) is 31.2 Å². The van der Waals surface area contributed by atoms with E-state index in [2.05, 4.69) is 5.32 Å². The van der Waals surface area contributed by atoms with Crippen molar-refractivity contribution in [3.63, 3.8) is 0 Å². The van der Waals surface area contributed by atoms with Crippen LogP contribution in [-0.2, 0) is 10.4 Å². The van der Waals surface area contributed by atoms with Crippen LogP contribution in [0.15, 0.2) is 42.5 Å². The second-order valence-corrected chi connectivity index (χ2v) is 10.4. The van der Waals surface area contributed by atoms with E-state index in [0.717, 1.165) is 18.2 Å². The molecule has 10 heteroatoms. The molecule has 192 valence electrons. The van der Waals surface area contributed by atoms with Gasteiger partial charge in [-0.2, -0.15) is 0 Å². The van der Waals surface area contributed by atoms with Gasteiger partial charge in [0.25, 0.3) is 0 Å². The topological polar surface area (TPSA) is 185 Å². The molecule has 0 saturated heterocycles. The molecule has 0 radical (unpaired) electrons. The van der Waals surface area contributed by atoms with Crippen molar-refractivity contribution in [2.45, 2.75) is 36.2 Å². The Bertz CT molecular complexity index is 1680. The zero-order valence-electron chi connectivity index (χ0n) is 19.8. The second-order valence-electron chi connectivity index (χ2n) is 10.4. The molecule has 0 spiro atoms. The number of rotatable bonds is 0. The van der Waals surface area contributed by atoms with Crippen LogP contribution >= 0.6 is 0 Å². The zero-order valence-corrected chi connectivity index (χ0v) is 19.8. The molecule has 4 bridgehead atoms. The fraction of sp³-hybridized carbons (Fsp3) is 0.250. The van der Waals surface area contributed by atoms with Crippen molar-refractivity contribution >= 4 is 23.0 Å². The van der Waals surface area contributed by atoms with Crippen molar-refractivity contribution in [2.24, 2.45) is 5.92 Å². The summed E-state index contributed by atoms with van der Waals surface area (Å²) in [5, 5.41) is 70.7. The molecule has 0 unspecified atom stereocenters. The molecule has 0 aromatic heterocycles. The molecule has 6 atom stereocenters. The first kappa shape index (κ1) is 22.9. The van der Waals surface area contributed by atoms with Gasteiger partial charge in [-0.25, -0.2) is 0 Å². The van der Waals surface area contributed by atoms with E-state index in [1.54, 1.807) is 24.3 Å². The van der Waals surface area contributed by atoms with Gasteiger partial charge in [-0.15, -0.1) is 0 Å². The number of phenolic OH excluding ortho intramolecular Hbond substituents is 3. The van der Waals surface area contributed by atoms with Crippen LogP contribution < -0.4 is 5.32 Å². The molecule has 1 fully saturated rings. The number of Topliss-reactive ketones (excluding diaryl/α,β-unsaturated/α-hetero) is 1. The molecule has 0 amide bonds. The zero-order chi connectivity index (χ0) is 27.0. The summed E-state index contributed by atoms with van der Waals surface area (Å²) in [5.41, 5.74) is -5.74. The van der Waals surface area contributed by atoms with E-state index in [9.17, 15) is 45.0 Å². The minimum Gasteiger partial charge on any atom is -0.507 e. The Morgan fingerprint density at radius 2 is 1.34 bits per heavy atom. The lowest BCUT2D eigenvalue weighted by Crippen LogP contribution is -2.75. The van der Waals surface area contributed by atoms with Crippen molar-refractivity contribution in [1.29, 1.82) is 0 Å². The lowest BCUT2D eigenvalue weighted by Gasteiger charge is -2.64. The number of aliphatic hydroxyl groups excluding tert-OH is 1. The summed E-state index contributed by atoms with van der Waals surface area (Å²) in [4.78, 5) is 40.4. The van der Waals surface area contributed by atoms with Crippen LogP contribution in [0.3, 0.4) is 0 Å². The standard InChI is InChI=1S/C28H21NO9/c1-9-22(33)25(36)20-10-4-2-3-5-11(10)26-27(9,37)28(20,38)12-8-15(32)18-19(21(12)29-26)24(35)17-14(31)7-6-13(30)16(17)23(18)34/h2-9,20,25-26,29-32,36-38H,1H3/t9-,20+,25-,26-,27-,28+/m0/s1. The maximum Gasteiger partial charge on any atom is 0.202 e. The largest absolute Gasteiger partial charge is 0.507 e. The number of carbonyl (C=O) groups is 3. The summed E-state index contributed by atoms with van der Waals surface area (Å²) in [6.45, 7) is 1.39. The molecule has 3 aromatic rings. The Morgan fingerprint density at radius 3 is 1.97 bits per heavy atom. The lowest BCUT2D eigenvalue weighted by molar-refractivity contribution is -0.246. The van der Waals surface area contributed by atoms with Crippen LogP contribution in [-0.4, -0.2) is 59.7 Å². The lowest BCUT2D eigenvalue weighted by atomic mass is 9.47. The van der Waals surface area contributed by atoms with Crippen molar-refractivity contribution in [3.8, 4) is 17.2 Å². The van der Waals surface area contributed by atoms with Crippen LogP contribution in [0.4, 0.5) is 5.69 Å². The van der Waals surface area contributed by atoms with E-state index in [1.807, 2.05) is 0 Å². The Kier molecular flexibility index (Phi) is 4.09. The van der Waals surface area contributed by atoms with Gasteiger partial charge in [0, 0.05) is 5.56 Å². The van der Waals surface area contributed by atoms with Crippen molar-refractivity contribution in [3.05, 3.63) is 81.4 Å². The fourth-order valence-electron chi connectivity index (χ4n) is 7.19. The monoisotopic (exact) mass is 515 g/mol. The number of hydrogen-bond donors (Lipinski definition) is 7. The number of benzene rings is 3. The van der Waals surface area contributed by atoms with Gasteiger partial charge in [0.05, 0.1) is 45.8 Å². The third-order valence-electron chi connectivity index (χ3n) is 8.91. The molecule has 7 N–H and O–H groups in total. The molecular formula is C28H21NO9. The van der Waals surface area contributed by atoms with E-state index >= 15 is 0 Å². The van der Waals surface area contributed by atoms with E-state index in [1.165, 1.54) is 6.92 Å². The van der Waals surface area contributed by atoms with Gasteiger partial charge in [-0.05, 0) is 29.3 Å². The summed E-state index contributed by atoms with van der Waals surface area (Å²) in [7, 11) is 0. The summed E-state index contributed by atoms with van der Waals surface area (Å²) >= 11 is 0. The molecule has 4 aliphatic rings. The minimum atomic E-state index is -2.38. The number of anilines is 1. The van der Waals surface area contributed by atoms with E-state index in [-0.39, 0.29) is 16.8 Å².